The van der Waals surface area contributed by atoms with Gasteiger partial charge in [-0.05, 0) is 25.7 Å². The summed E-state index contributed by atoms with van der Waals surface area (Å²) in [6.07, 6.45) is 6.98. The predicted molar refractivity (Wildman–Crippen MR) is 85.4 cm³/mol. The van der Waals surface area contributed by atoms with E-state index in [0.717, 1.165) is 25.1 Å². The molecule has 3 heterocycles. The number of rotatable bonds is 4. The van der Waals surface area contributed by atoms with Crippen LogP contribution in [0.2, 0.25) is 0 Å². The first-order valence-electron chi connectivity index (χ1n) is 7.78. The number of imidazole rings is 1. The average Bonchev–Trinajstić information content (AvgIpc) is 3.03. The van der Waals surface area contributed by atoms with Gasteiger partial charge in [0.2, 0.25) is 5.91 Å². The third-order valence-corrected chi connectivity index (χ3v) is 4.96. The maximum atomic E-state index is 12.7. The third-order valence-electron chi connectivity index (χ3n) is 4.27. The fourth-order valence-electron chi connectivity index (χ4n) is 2.92. The number of nitrogens with one attached hydrogen (secondary N) is 2. The van der Waals surface area contributed by atoms with E-state index in [2.05, 4.69) is 20.3 Å². The lowest BCUT2D eigenvalue weighted by Gasteiger charge is -2.22. The lowest BCUT2D eigenvalue weighted by Crippen LogP contribution is -2.43. The Morgan fingerprint density at radius 3 is 2.91 bits per heavy atom. The highest BCUT2D eigenvalue weighted by Gasteiger charge is 2.36. The molecule has 1 aliphatic carbocycles. The van der Waals surface area contributed by atoms with Crippen LogP contribution in [0.15, 0.2) is 17.8 Å². The largest absolute Gasteiger partial charge is 0.338 e. The van der Waals surface area contributed by atoms with E-state index in [-0.39, 0.29) is 11.8 Å². The molecule has 0 radical (unpaired) electrons. The number of likely N-dealkylation sites (tertiary alicyclic amines) is 1. The maximum Gasteiger partial charge on any atom is 0.272 e. The zero-order chi connectivity index (χ0) is 15.8. The second-order valence-corrected chi connectivity index (χ2v) is 6.83. The van der Waals surface area contributed by atoms with Crippen molar-refractivity contribution in [3.63, 3.8) is 0 Å². The fraction of sp³-hybridized carbons (Fsp3) is 0.467. The molecule has 1 saturated carbocycles. The molecule has 2 aliphatic rings. The van der Waals surface area contributed by atoms with Crippen LogP contribution in [0.4, 0.5) is 5.13 Å². The number of carbonyl (C=O) groups excluding carboxylic acids is 2. The lowest BCUT2D eigenvalue weighted by atomic mass is 10.2. The van der Waals surface area contributed by atoms with Crippen LogP contribution in [0.3, 0.4) is 0 Å². The molecule has 1 atom stereocenters. The number of aromatic nitrogens is 3. The molecule has 2 aromatic heterocycles. The summed E-state index contributed by atoms with van der Waals surface area (Å²) in [5, 5.41) is 5.15. The van der Waals surface area contributed by atoms with E-state index in [9.17, 15) is 9.59 Å². The number of H-pyrrole nitrogens is 1. The monoisotopic (exact) mass is 331 g/mol. The minimum absolute atomic E-state index is 0.152. The molecule has 2 N–H and O–H groups in total. The Hall–Kier alpha value is -2.22. The molecule has 1 unspecified atom stereocenters. The Labute approximate surface area is 137 Å². The van der Waals surface area contributed by atoms with Crippen molar-refractivity contribution in [2.45, 2.75) is 37.6 Å². The number of thiazole rings is 1. The minimum Gasteiger partial charge on any atom is -0.338 e. The second kappa shape index (κ2) is 5.77. The van der Waals surface area contributed by atoms with Gasteiger partial charge in [-0.15, -0.1) is 11.3 Å². The van der Waals surface area contributed by atoms with Gasteiger partial charge in [0.15, 0.2) is 5.13 Å². The summed E-state index contributed by atoms with van der Waals surface area (Å²) < 4.78 is 0. The smallest absolute Gasteiger partial charge is 0.272 e. The first-order chi connectivity index (χ1) is 11.2. The Morgan fingerprint density at radius 2 is 2.17 bits per heavy atom. The summed E-state index contributed by atoms with van der Waals surface area (Å²) in [7, 11) is 0. The van der Waals surface area contributed by atoms with Gasteiger partial charge in [-0.3, -0.25) is 9.59 Å². The molecule has 120 valence electrons. The van der Waals surface area contributed by atoms with E-state index < -0.39 is 6.04 Å². The molecule has 0 spiro atoms. The van der Waals surface area contributed by atoms with Gasteiger partial charge in [-0.2, -0.15) is 0 Å². The van der Waals surface area contributed by atoms with Crippen molar-refractivity contribution in [3.8, 4) is 0 Å². The van der Waals surface area contributed by atoms with Crippen molar-refractivity contribution in [2.75, 3.05) is 11.9 Å². The molecule has 2 amide bonds. The number of hydrogen-bond donors (Lipinski definition) is 2. The Morgan fingerprint density at radius 1 is 1.30 bits per heavy atom. The van der Waals surface area contributed by atoms with Crippen molar-refractivity contribution in [3.05, 3.63) is 29.3 Å². The molecule has 4 rings (SSSR count). The number of carbonyl (C=O) groups is 2. The van der Waals surface area contributed by atoms with Gasteiger partial charge in [-0.1, -0.05) is 0 Å². The summed E-state index contributed by atoms with van der Waals surface area (Å²) in [6, 6.07) is -0.445. The van der Waals surface area contributed by atoms with Crippen LogP contribution in [0.1, 0.15) is 47.9 Å². The zero-order valence-corrected chi connectivity index (χ0v) is 13.3. The zero-order valence-electron chi connectivity index (χ0n) is 12.5. The number of hydrogen-bond acceptors (Lipinski definition) is 5. The van der Waals surface area contributed by atoms with Gasteiger partial charge in [-0.25, -0.2) is 9.97 Å². The molecule has 23 heavy (non-hydrogen) atoms. The molecule has 2 fully saturated rings. The van der Waals surface area contributed by atoms with Crippen molar-refractivity contribution in [1.29, 1.82) is 0 Å². The van der Waals surface area contributed by atoms with Crippen LogP contribution in [-0.4, -0.2) is 44.3 Å². The quantitative estimate of drug-likeness (QED) is 0.896. The molecular formula is C15H17N5O2S. The molecule has 1 aliphatic heterocycles. The van der Waals surface area contributed by atoms with Crippen molar-refractivity contribution in [2.24, 2.45) is 0 Å². The summed E-state index contributed by atoms with van der Waals surface area (Å²) in [4.78, 5) is 38.2. The van der Waals surface area contributed by atoms with Gasteiger partial charge >= 0.3 is 0 Å². The van der Waals surface area contributed by atoms with Crippen LogP contribution in [0, 0.1) is 0 Å². The normalized spacial score (nSPS) is 20.7. The summed E-state index contributed by atoms with van der Waals surface area (Å²) in [5.41, 5.74) is 0.473. The molecule has 8 heteroatoms. The van der Waals surface area contributed by atoms with Gasteiger partial charge in [0, 0.05) is 24.0 Å². The lowest BCUT2D eigenvalue weighted by molar-refractivity contribution is -0.119. The predicted octanol–water partition coefficient (Wildman–Crippen LogP) is 1.99. The number of nitrogens with zero attached hydrogens (tertiary/aromatic N) is 3. The third kappa shape index (κ3) is 2.86. The highest BCUT2D eigenvalue weighted by atomic mass is 32.1. The van der Waals surface area contributed by atoms with E-state index >= 15 is 0 Å². The first-order valence-corrected chi connectivity index (χ1v) is 8.66. The second-order valence-electron chi connectivity index (χ2n) is 5.94. The first kappa shape index (κ1) is 14.4. The molecule has 2 aromatic rings. The minimum atomic E-state index is -0.445. The average molecular weight is 331 g/mol. The van der Waals surface area contributed by atoms with E-state index in [1.165, 1.54) is 11.3 Å². The van der Waals surface area contributed by atoms with E-state index in [1.54, 1.807) is 22.7 Å². The Kier molecular flexibility index (Phi) is 3.60. The molecule has 0 aromatic carbocycles. The van der Waals surface area contributed by atoms with Gasteiger partial charge in [0.05, 0.1) is 6.20 Å². The molecule has 0 bridgehead atoms. The van der Waals surface area contributed by atoms with Crippen LogP contribution < -0.4 is 5.32 Å². The van der Waals surface area contributed by atoms with E-state index in [4.69, 9.17) is 0 Å². The Balaban J connectivity index is 1.47. The number of anilines is 1. The van der Waals surface area contributed by atoms with Crippen LogP contribution in [0.5, 0.6) is 0 Å². The fourth-order valence-corrected chi connectivity index (χ4v) is 3.45. The van der Waals surface area contributed by atoms with Crippen molar-refractivity contribution in [1.82, 2.24) is 19.9 Å². The Bertz CT molecular complexity index is 722. The van der Waals surface area contributed by atoms with E-state index in [1.807, 2.05) is 0 Å². The van der Waals surface area contributed by atoms with Gasteiger partial charge in [0.25, 0.3) is 5.91 Å². The van der Waals surface area contributed by atoms with Gasteiger partial charge < -0.3 is 15.2 Å². The SMILES string of the molecule is O=C(Nc1nccs1)C1CCCN1C(=O)c1cnc(C2CC2)[nH]1. The molecule has 1 saturated heterocycles. The summed E-state index contributed by atoms with van der Waals surface area (Å²) >= 11 is 1.37. The van der Waals surface area contributed by atoms with Crippen LogP contribution in [0.25, 0.3) is 0 Å². The molecule has 7 nitrogen and oxygen atoms in total. The standard InChI is InChI=1S/C15H17N5O2S/c21-13(19-15-16-5-7-23-15)11-2-1-6-20(11)14(22)10-8-17-12(18-10)9-3-4-9/h5,7-9,11H,1-4,6H2,(H,17,18)(H,16,19,21). The van der Waals surface area contributed by atoms with Crippen LogP contribution >= 0.6 is 11.3 Å². The maximum absolute atomic E-state index is 12.7. The topological polar surface area (TPSA) is 91.0 Å². The number of amides is 2. The van der Waals surface area contributed by atoms with Gasteiger partial charge in [0.1, 0.15) is 17.6 Å². The summed E-state index contributed by atoms with van der Waals surface area (Å²) in [6.45, 7) is 0.590. The van der Waals surface area contributed by atoms with Crippen LogP contribution in [-0.2, 0) is 4.79 Å². The number of aromatic amines is 1. The van der Waals surface area contributed by atoms with Crippen molar-refractivity contribution < 1.29 is 9.59 Å². The van der Waals surface area contributed by atoms with Crippen molar-refractivity contribution >= 4 is 28.3 Å². The molecular weight excluding hydrogens is 314 g/mol. The highest BCUT2D eigenvalue weighted by Crippen LogP contribution is 2.38. The summed E-state index contributed by atoms with van der Waals surface area (Å²) in [5.74, 6) is 1.03. The highest BCUT2D eigenvalue weighted by molar-refractivity contribution is 7.13. The van der Waals surface area contributed by atoms with E-state index in [0.29, 0.717) is 29.7 Å².